The van der Waals surface area contributed by atoms with E-state index in [-0.39, 0.29) is 5.92 Å². The molecular formula is C19H37N3O2. The summed E-state index contributed by atoms with van der Waals surface area (Å²) in [5, 5.41) is 0. The first-order valence-electron chi connectivity index (χ1n) is 9.86. The normalized spacial score (nSPS) is 29.7. The number of rotatable bonds is 9. The Morgan fingerprint density at radius 3 is 2.25 bits per heavy atom. The monoisotopic (exact) mass is 339 g/mol. The smallest absolute Gasteiger partial charge is 0.225 e. The van der Waals surface area contributed by atoms with Crippen LogP contribution in [0, 0.1) is 17.8 Å². The second-order valence-corrected chi connectivity index (χ2v) is 7.54. The molecule has 5 nitrogen and oxygen atoms in total. The van der Waals surface area contributed by atoms with Crippen molar-refractivity contribution in [2.75, 3.05) is 46.4 Å². The van der Waals surface area contributed by atoms with E-state index >= 15 is 0 Å². The number of carbonyl (C=O) groups is 1. The summed E-state index contributed by atoms with van der Waals surface area (Å²) in [6.45, 7) is 9.49. The zero-order valence-corrected chi connectivity index (χ0v) is 15.9. The SMILES string of the molecule is CCN(CC)CCN(CCOC)C(=O)C1CC2CCCC(C1)C2N. The predicted octanol–water partition coefficient (Wildman–Crippen LogP) is 1.96. The summed E-state index contributed by atoms with van der Waals surface area (Å²) in [4.78, 5) is 17.6. The van der Waals surface area contributed by atoms with Crippen LogP contribution >= 0.6 is 0 Å². The van der Waals surface area contributed by atoms with Crippen LogP contribution in [0.3, 0.4) is 0 Å². The zero-order chi connectivity index (χ0) is 17.5. The molecule has 24 heavy (non-hydrogen) atoms. The van der Waals surface area contributed by atoms with Gasteiger partial charge in [-0.3, -0.25) is 4.79 Å². The Labute approximate surface area is 147 Å². The maximum atomic E-state index is 13.1. The van der Waals surface area contributed by atoms with E-state index in [1.54, 1.807) is 7.11 Å². The molecule has 2 fully saturated rings. The Morgan fingerprint density at radius 1 is 1.08 bits per heavy atom. The molecule has 2 atom stereocenters. The highest BCUT2D eigenvalue weighted by Crippen LogP contribution is 2.42. The van der Waals surface area contributed by atoms with Crippen LogP contribution in [0.5, 0.6) is 0 Å². The number of hydrogen-bond acceptors (Lipinski definition) is 4. The molecule has 2 aliphatic carbocycles. The number of nitrogens with zero attached hydrogens (tertiary/aromatic N) is 2. The van der Waals surface area contributed by atoms with Gasteiger partial charge in [-0.25, -0.2) is 0 Å². The summed E-state index contributed by atoms with van der Waals surface area (Å²) >= 11 is 0. The molecule has 0 spiro atoms. The van der Waals surface area contributed by atoms with E-state index in [1.165, 1.54) is 19.3 Å². The first-order chi connectivity index (χ1) is 11.6. The van der Waals surface area contributed by atoms with Crippen molar-refractivity contribution in [1.82, 2.24) is 9.80 Å². The number of carbonyl (C=O) groups excluding carboxylic acids is 1. The van der Waals surface area contributed by atoms with Crippen molar-refractivity contribution in [3.63, 3.8) is 0 Å². The fraction of sp³-hybridized carbons (Fsp3) is 0.947. The molecule has 140 valence electrons. The van der Waals surface area contributed by atoms with E-state index in [0.29, 0.717) is 36.9 Å². The molecule has 2 unspecified atom stereocenters. The minimum atomic E-state index is 0.175. The lowest BCUT2D eigenvalue weighted by Crippen LogP contribution is -2.51. The van der Waals surface area contributed by atoms with E-state index in [1.807, 2.05) is 4.90 Å². The third kappa shape index (κ3) is 4.93. The average Bonchev–Trinajstić information content (AvgIpc) is 2.57. The van der Waals surface area contributed by atoms with Crippen molar-refractivity contribution >= 4 is 5.91 Å². The summed E-state index contributed by atoms with van der Waals surface area (Å²) in [6.07, 6.45) is 5.69. The first kappa shape index (κ1) is 19.7. The van der Waals surface area contributed by atoms with Gasteiger partial charge in [0.25, 0.3) is 0 Å². The first-order valence-corrected chi connectivity index (χ1v) is 9.86. The number of methoxy groups -OCH3 is 1. The van der Waals surface area contributed by atoms with Crippen molar-refractivity contribution in [1.29, 1.82) is 0 Å². The van der Waals surface area contributed by atoms with Crippen LogP contribution in [0.1, 0.15) is 46.0 Å². The van der Waals surface area contributed by atoms with E-state index in [4.69, 9.17) is 10.5 Å². The van der Waals surface area contributed by atoms with Crippen LogP contribution in [-0.4, -0.2) is 68.2 Å². The summed E-state index contributed by atoms with van der Waals surface area (Å²) in [6, 6.07) is 0.325. The standard InChI is InChI=1S/C19H37N3O2/c1-4-21(5-2)9-10-22(11-12-24-3)19(23)17-13-15-7-6-8-16(14-17)18(15)20/h15-18H,4-14,20H2,1-3H3. The highest BCUT2D eigenvalue weighted by Gasteiger charge is 2.41. The number of likely N-dealkylation sites (N-methyl/N-ethyl adjacent to an activating group) is 1. The largest absolute Gasteiger partial charge is 0.383 e. The molecule has 2 rings (SSSR count). The summed E-state index contributed by atoms with van der Waals surface area (Å²) in [5.74, 6) is 1.62. The third-order valence-corrected chi connectivity index (χ3v) is 6.22. The van der Waals surface area contributed by atoms with Crippen LogP contribution in [0.25, 0.3) is 0 Å². The van der Waals surface area contributed by atoms with Crippen molar-refractivity contribution in [3.8, 4) is 0 Å². The lowest BCUT2D eigenvalue weighted by Gasteiger charge is -2.44. The molecular weight excluding hydrogens is 302 g/mol. The van der Waals surface area contributed by atoms with E-state index in [9.17, 15) is 4.79 Å². The van der Waals surface area contributed by atoms with Crippen molar-refractivity contribution in [2.45, 2.75) is 52.0 Å². The fourth-order valence-electron chi connectivity index (χ4n) is 4.58. The van der Waals surface area contributed by atoms with Gasteiger partial charge < -0.3 is 20.3 Å². The van der Waals surface area contributed by atoms with Crippen LogP contribution in [0.15, 0.2) is 0 Å². The van der Waals surface area contributed by atoms with E-state index in [0.717, 1.165) is 39.0 Å². The quantitative estimate of drug-likeness (QED) is 0.698. The van der Waals surface area contributed by atoms with Crippen molar-refractivity contribution in [2.24, 2.45) is 23.5 Å². The Balaban J connectivity index is 1.96. The van der Waals surface area contributed by atoms with Gasteiger partial charge in [-0.1, -0.05) is 20.3 Å². The van der Waals surface area contributed by atoms with Gasteiger partial charge in [0.15, 0.2) is 0 Å². The second-order valence-electron chi connectivity index (χ2n) is 7.54. The molecule has 2 N–H and O–H groups in total. The third-order valence-electron chi connectivity index (χ3n) is 6.22. The maximum absolute atomic E-state index is 13.1. The van der Waals surface area contributed by atoms with Gasteiger partial charge in [-0.2, -0.15) is 0 Å². The number of fused-ring (bicyclic) bond motifs is 2. The fourth-order valence-corrected chi connectivity index (χ4v) is 4.58. The Hall–Kier alpha value is -0.650. The van der Waals surface area contributed by atoms with Crippen molar-refractivity contribution < 1.29 is 9.53 Å². The summed E-state index contributed by atoms with van der Waals surface area (Å²) < 4.78 is 5.23. The van der Waals surface area contributed by atoms with Crippen LogP contribution < -0.4 is 5.73 Å². The minimum Gasteiger partial charge on any atom is -0.383 e. The zero-order valence-electron chi connectivity index (χ0n) is 15.9. The second kappa shape index (κ2) is 9.73. The molecule has 2 aliphatic rings. The molecule has 2 saturated carbocycles. The number of amides is 1. The van der Waals surface area contributed by atoms with Gasteiger partial charge >= 0.3 is 0 Å². The topological polar surface area (TPSA) is 58.8 Å². The molecule has 0 aliphatic heterocycles. The van der Waals surface area contributed by atoms with Gasteiger partial charge in [-0.05, 0) is 50.6 Å². The van der Waals surface area contributed by atoms with Crippen LogP contribution in [0.2, 0.25) is 0 Å². The molecule has 0 radical (unpaired) electrons. The van der Waals surface area contributed by atoms with Gasteiger partial charge in [-0.15, -0.1) is 0 Å². The van der Waals surface area contributed by atoms with Gasteiger partial charge in [0, 0.05) is 38.7 Å². The maximum Gasteiger partial charge on any atom is 0.225 e. The van der Waals surface area contributed by atoms with Gasteiger partial charge in [0.1, 0.15) is 0 Å². The molecule has 2 bridgehead atoms. The molecule has 0 heterocycles. The summed E-state index contributed by atoms with van der Waals surface area (Å²) in [7, 11) is 1.71. The van der Waals surface area contributed by atoms with E-state index < -0.39 is 0 Å². The molecule has 0 saturated heterocycles. The lowest BCUT2D eigenvalue weighted by molar-refractivity contribution is -0.139. The lowest BCUT2D eigenvalue weighted by atomic mass is 9.65. The van der Waals surface area contributed by atoms with Gasteiger partial charge in [0.05, 0.1) is 6.61 Å². The molecule has 0 aromatic heterocycles. The highest BCUT2D eigenvalue weighted by atomic mass is 16.5. The predicted molar refractivity (Wildman–Crippen MR) is 97.8 cm³/mol. The van der Waals surface area contributed by atoms with Gasteiger partial charge in [0.2, 0.25) is 5.91 Å². The molecule has 5 heteroatoms. The molecule has 0 aromatic carbocycles. The number of nitrogens with two attached hydrogens (primary N) is 1. The minimum absolute atomic E-state index is 0.175. The average molecular weight is 340 g/mol. The number of ether oxygens (including phenoxy) is 1. The van der Waals surface area contributed by atoms with E-state index in [2.05, 4.69) is 18.7 Å². The Morgan fingerprint density at radius 2 is 1.71 bits per heavy atom. The highest BCUT2D eigenvalue weighted by molar-refractivity contribution is 5.79. The number of hydrogen-bond donors (Lipinski definition) is 1. The molecule has 0 aromatic rings. The van der Waals surface area contributed by atoms with Crippen LogP contribution in [0.4, 0.5) is 0 Å². The summed E-state index contributed by atoms with van der Waals surface area (Å²) in [5.41, 5.74) is 6.39. The molecule has 1 amide bonds. The van der Waals surface area contributed by atoms with Crippen molar-refractivity contribution in [3.05, 3.63) is 0 Å². The Kier molecular flexibility index (Phi) is 7.98. The van der Waals surface area contributed by atoms with Crippen LogP contribution in [-0.2, 0) is 9.53 Å². The Bertz CT molecular complexity index is 373.